The topological polar surface area (TPSA) is 84.9 Å². The van der Waals surface area contributed by atoms with Crippen LogP contribution in [0.15, 0.2) is 82.8 Å². The van der Waals surface area contributed by atoms with E-state index in [1.165, 1.54) is 13.2 Å². The van der Waals surface area contributed by atoms with Gasteiger partial charge in [-0.2, -0.15) is 0 Å². The van der Waals surface area contributed by atoms with Crippen molar-refractivity contribution in [3.05, 3.63) is 103 Å². The molecule has 4 amide bonds. The summed E-state index contributed by atoms with van der Waals surface area (Å²) in [5.41, 5.74) is 2.59. The number of fused-ring (bicyclic) bond motifs is 1. The molecule has 1 saturated heterocycles. The number of hydrogen-bond donors (Lipinski definition) is 1. The number of urea groups is 1. The van der Waals surface area contributed by atoms with Gasteiger partial charge in [0.25, 0.3) is 11.8 Å². The second-order valence-corrected chi connectivity index (χ2v) is 10.9. The van der Waals surface area contributed by atoms with Crippen LogP contribution in [0.4, 0.5) is 10.5 Å². The van der Waals surface area contributed by atoms with E-state index in [1.807, 2.05) is 25.1 Å². The van der Waals surface area contributed by atoms with E-state index in [2.05, 4.69) is 68.1 Å². The summed E-state index contributed by atoms with van der Waals surface area (Å²) in [7, 11) is 1.53. The molecule has 0 radical (unpaired) electrons. The summed E-state index contributed by atoms with van der Waals surface area (Å²) in [5.74, 6) is -0.471. The van der Waals surface area contributed by atoms with Gasteiger partial charge in [-0.25, -0.2) is 9.69 Å². The van der Waals surface area contributed by atoms with Gasteiger partial charge in [-0.1, -0.05) is 52.3 Å². The fourth-order valence-electron chi connectivity index (χ4n) is 4.27. The zero-order valence-electron chi connectivity index (χ0n) is 21.0. The lowest BCUT2D eigenvalue weighted by molar-refractivity contribution is -0.122. The summed E-state index contributed by atoms with van der Waals surface area (Å²) in [6.45, 7) is 2.18. The third kappa shape index (κ3) is 5.55. The molecular formula is C30H22BrIN2O5. The molecule has 1 N–H and O–H groups in total. The van der Waals surface area contributed by atoms with E-state index < -0.39 is 17.8 Å². The third-order valence-electron chi connectivity index (χ3n) is 6.26. The molecule has 1 fully saturated rings. The average Bonchev–Trinajstić information content (AvgIpc) is 2.92. The molecular weight excluding hydrogens is 675 g/mol. The number of imide groups is 2. The fraction of sp³-hybridized carbons (Fsp3) is 0.100. The second-order valence-electron chi connectivity index (χ2n) is 8.90. The van der Waals surface area contributed by atoms with Crippen LogP contribution in [-0.4, -0.2) is 25.0 Å². The Bertz CT molecular complexity index is 1680. The van der Waals surface area contributed by atoms with Gasteiger partial charge in [0.15, 0.2) is 11.5 Å². The Hall–Kier alpha value is -3.70. The van der Waals surface area contributed by atoms with Crippen molar-refractivity contribution < 1.29 is 23.9 Å². The molecule has 0 unspecified atom stereocenters. The number of nitrogens with one attached hydrogen (secondary N) is 1. The second kappa shape index (κ2) is 11.2. The minimum absolute atomic E-state index is 0.169. The zero-order chi connectivity index (χ0) is 27.7. The van der Waals surface area contributed by atoms with E-state index in [0.29, 0.717) is 29.4 Å². The van der Waals surface area contributed by atoms with E-state index in [4.69, 9.17) is 9.47 Å². The lowest BCUT2D eigenvalue weighted by Crippen LogP contribution is -2.54. The van der Waals surface area contributed by atoms with Gasteiger partial charge in [0.1, 0.15) is 12.2 Å². The maximum Gasteiger partial charge on any atom is 0.335 e. The van der Waals surface area contributed by atoms with Crippen LogP contribution in [0.2, 0.25) is 0 Å². The van der Waals surface area contributed by atoms with E-state index in [0.717, 1.165) is 34.8 Å². The van der Waals surface area contributed by atoms with Crippen LogP contribution in [0.5, 0.6) is 11.5 Å². The van der Waals surface area contributed by atoms with E-state index in [-0.39, 0.29) is 5.57 Å². The molecule has 39 heavy (non-hydrogen) atoms. The molecule has 0 aliphatic carbocycles. The molecule has 196 valence electrons. The zero-order valence-corrected chi connectivity index (χ0v) is 24.7. The number of anilines is 1. The number of amides is 4. The van der Waals surface area contributed by atoms with Gasteiger partial charge >= 0.3 is 6.03 Å². The van der Waals surface area contributed by atoms with Crippen molar-refractivity contribution >= 4 is 78.9 Å². The lowest BCUT2D eigenvalue weighted by atomic mass is 10.1. The van der Waals surface area contributed by atoms with Crippen molar-refractivity contribution in [1.82, 2.24) is 5.32 Å². The molecule has 0 saturated carbocycles. The third-order valence-corrected chi connectivity index (χ3v) is 7.95. The van der Waals surface area contributed by atoms with Crippen LogP contribution < -0.4 is 19.7 Å². The first-order valence-electron chi connectivity index (χ1n) is 11.9. The van der Waals surface area contributed by atoms with Crippen LogP contribution in [0.25, 0.3) is 16.8 Å². The number of barbiturate groups is 1. The summed E-state index contributed by atoms with van der Waals surface area (Å²) >= 11 is 5.55. The summed E-state index contributed by atoms with van der Waals surface area (Å²) in [5, 5.41) is 4.54. The fourth-order valence-corrected chi connectivity index (χ4v) is 5.30. The minimum Gasteiger partial charge on any atom is -0.493 e. The molecule has 5 rings (SSSR count). The Labute approximate surface area is 247 Å². The van der Waals surface area contributed by atoms with Crippen molar-refractivity contribution in [3.63, 3.8) is 0 Å². The van der Waals surface area contributed by atoms with Gasteiger partial charge in [-0.3, -0.25) is 14.9 Å². The predicted molar refractivity (Wildman–Crippen MR) is 162 cm³/mol. The van der Waals surface area contributed by atoms with Crippen LogP contribution in [-0.2, 0) is 16.2 Å². The molecule has 0 spiro atoms. The summed E-state index contributed by atoms with van der Waals surface area (Å²) < 4.78 is 13.3. The standard InChI is InChI=1S/C30H22BrIN2O5/c1-17-11-22(9-10-24(17)31)34-29(36)23(28(35)33-30(34)37)13-19-14-25(32)27(26(15-19)38-2)39-16-18-7-8-20-5-3-4-6-21(20)12-18/h3-15H,16H2,1-2H3,(H,33,35,37)/b23-13+. The number of nitrogens with zero attached hydrogens (tertiary/aromatic N) is 1. The maximum absolute atomic E-state index is 13.3. The molecule has 0 bridgehead atoms. The number of carbonyl (C=O) groups excluding carboxylic acids is 3. The summed E-state index contributed by atoms with van der Waals surface area (Å²) in [6.07, 6.45) is 1.45. The highest BCUT2D eigenvalue weighted by atomic mass is 127. The van der Waals surface area contributed by atoms with E-state index in [9.17, 15) is 14.4 Å². The molecule has 4 aromatic carbocycles. The molecule has 4 aromatic rings. The summed E-state index contributed by atoms with van der Waals surface area (Å²) in [6, 6.07) is 22.0. The molecule has 0 atom stereocenters. The number of methoxy groups -OCH3 is 1. The normalized spacial score (nSPS) is 14.6. The molecule has 0 aromatic heterocycles. The molecule has 9 heteroatoms. The van der Waals surface area contributed by atoms with Crippen LogP contribution in [0, 0.1) is 10.5 Å². The largest absolute Gasteiger partial charge is 0.493 e. The van der Waals surface area contributed by atoms with Gasteiger partial charge in [0.05, 0.1) is 16.4 Å². The van der Waals surface area contributed by atoms with Gasteiger partial charge in [-0.15, -0.1) is 0 Å². The van der Waals surface area contributed by atoms with E-state index in [1.54, 1.807) is 30.3 Å². The van der Waals surface area contributed by atoms with Crippen molar-refractivity contribution in [2.24, 2.45) is 0 Å². The Morgan fingerprint density at radius 3 is 2.49 bits per heavy atom. The number of benzene rings is 4. The Morgan fingerprint density at radius 1 is 0.974 bits per heavy atom. The van der Waals surface area contributed by atoms with Gasteiger partial charge < -0.3 is 9.47 Å². The van der Waals surface area contributed by atoms with Crippen molar-refractivity contribution in [3.8, 4) is 11.5 Å². The Balaban J connectivity index is 1.42. The number of halogens is 2. The highest BCUT2D eigenvalue weighted by Gasteiger charge is 2.37. The smallest absolute Gasteiger partial charge is 0.335 e. The van der Waals surface area contributed by atoms with Crippen molar-refractivity contribution in [2.45, 2.75) is 13.5 Å². The SMILES string of the molecule is COc1cc(/C=C2\C(=O)NC(=O)N(c3ccc(Br)c(C)c3)C2=O)cc(I)c1OCc1ccc2ccccc2c1. The quantitative estimate of drug-likeness (QED) is 0.137. The van der Waals surface area contributed by atoms with Gasteiger partial charge in [-0.05, 0) is 99.5 Å². The molecule has 1 heterocycles. The van der Waals surface area contributed by atoms with Crippen LogP contribution >= 0.6 is 38.5 Å². The first-order chi connectivity index (χ1) is 18.7. The highest BCUT2D eigenvalue weighted by Crippen LogP contribution is 2.36. The minimum atomic E-state index is -0.798. The van der Waals surface area contributed by atoms with Crippen LogP contribution in [0.3, 0.4) is 0 Å². The maximum atomic E-state index is 13.3. The molecule has 1 aliphatic heterocycles. The number of hydrogen-bond acceptors (Lipinski definition) is 5. The van der Waals surface area contributed by atoms with Gasteiger partial charge in [0.2, 0.25) is 0 Å². The monoisotopic (exact) mass is 696 g/mol. The number of rotatable bonds is 6. The summed E-state index contributed by atoms with van der Waals surface area (Å²) in [4.78, 5) is 39.5. The van der Waals surface area contributed by atoms with Crippen molar-refractivity contribution in [2.75, 3.05) is 12.0 Å². The number of aryl methyl sites for hydroxylation is 1. The number of carbonyl (C=O) groups is 3. The first kappa shape index (κ1) is 26.9. The average molecular weight is 697 g/mol. The van der Waals surface area contributed by atoms with Crippen LogP contribution in [0.1, 0.15) is 16.7 Å². The lowest BCUT2D eigenvalue weighted by Gasteiger charge is -2.26. The molecule has 7 nitrogen and oxygen atoms in total. The van der Waals surface area contributed by atoms with Gasteiger partial charge in [0, 0.05) is 4.47 Å². The Kier molecular flexibility index (Phi) is 7.72. The van der Waals surface area contributed by atoms with Crippen molar-refractivity contribution in [1.29, 1.82) is 0 Å². The Morgan fingerprint density at radius 2 is 1.74 bits per heavy atom. The van der Waals surface area contributed by atoms with E-state index >= 15 is 0 Å². The molecule has 1 aliphatic rings. The number of ether oxygens (including phenoxy) is 2. The highest BCUT2D eigenvalue weighted by molar-refractivity contribution is 14.1. The first-order valence-corrected chi connectivity index (χ1v) is 13.8. The predicted octanol–water partition coefficient (Wildman–Crippen LogP) is 6.77.